The van der Waals surface area contributed by atoms with E-state index in [4.69, 9.17) is 12.2 Å². The molecule has 2 rings (SSSR count). The largest absolute Gasteiger partial charge is 0.359 e. The van der Waals surface area contributed by atoms with E-state index in [0.717, 1.165) is 11.1 Å². The highest BCUT2D eigenvalue weighted by Gasteiger charge is 2.11. The maximum atomic E-state index is 12.9. The van der Waals surface area contributed by atoms with Crippen molar-refractivity contribution in [1.29, 1.82) is 0 Å². The van der Waals surface area contributed by atoms with E-state index in [9.17, 15) is 4.21 Å². The van der Waals surface area contributed by atoms with Gasteiger partial charge in [0.2, 0.25) is 0 Å². The molecule has 0 heterocycles. The van der Waals surface area contributed by atoms with Gasteiger partial charge in [0.25, 0.3) is 0 Å². The van der Waals surface area contributed by atoms with Gasteiger partial charge in [-0.25, -0.2) is 0 Å². The van der Waals surface area contributed by atoms with Crippen LogP contribution >= 0.6 is 12.2 Å². The quantitative estimate of drug-likeness (QED) is 0.588. The van der Waals surface area contributed by atoms with Crippen LogP contribution in [0.1, 0.15) is 11.1 Å². The van der Waals surface area contributed by atoms with Crippen molar-refractivity contribution >= 4 is 33.0 Å². The van der Waals surface area contributed by atoms with Crippen molar-refractivity contribution in [2.24, 2.45) is 0 Å². The van der Waals surface area contributed by atoms with Gasteiger partial charge in [0.15, 0.2) is 5.11 Å². The van der Waals surface area contributed by atoms with E-state index in [-0.39, 0.29) is 0 Å². The van der Waals surface area contributed by atoms with Crippen LogP contribution in [0, 0.1) is 0 Å². The molecule has 0 fully saturated rings. The first-order valence-electron chi connectivity index (χ1n) is 7.54. The van der Waals surface area contributed by atoms with E-state index in [0.29, 0.717) is 22.3 Å². The molecule has 0 saturated carbocycles. The van der Waals surface area contributed by atoms with Gasteiger partial charge < -0.3 is 10.6 Å². The van der Waals surface area contributed by atoms with E-state index in [1.165, 1.54) is 0 Å². The Labute approximate surface area is 150 Å². The second-order valence-electron chi connectivity index (χ2n) is 4.99. The Kier molecular flexibility index (Phi) is 7.39. The zero-order chi connectivity index (χ0) is 17.2. The van der Waals surface area contributed by atoms with Gasteiger partial charge in [-0.3, -0.25) is 4.21 Å². The van der Waals surface area contributed by atoms with Crippen molar-refractivity contribution in [3.8, 4) is 0 Å². The number of thiocarbonyl (C=S) groups is 1. The summed E-state index contributed by atoms with van der Waals surface area (Å²) in [4.78, 5) is 0.710. The molecule has 2 aromatic rings. The van der Waals surface area contributed by atoms with Crippen molar-refractivity contribution in [3.63, 3.8) is 0 Å². The molecule has 0 saturated heterocycles. The average Bonchev–Trinajstić information content (AvgIpc) is 2.62. The molecule has 0 aliphatic rings. The lowest BCUT2D eigenvalue weighted by molar-refractivity contribution is 0.688. The summed E-state index contributed by atoms with van der Waals surface area (Å²) in [7, 11) is -1.19. The molecule has 2 N–H and O–H groups in total. The van der Waals surface area contributed by atoms with Crippen molar-refractivity contribution < 1.29 is 4.21 Å². The van der Waals surface area contributed by atoms with Crippen LogP contribution in [0.25, 0.3) is 4.91 Å². The Balaban J connectivity index is 2.18. The van der Waals surface area contributed by atoms with Crippen LogP contribution in [-0.4, -0.2) is 15.9 Å². The van der Waals surface area contributed by atoms with Gasteiger partial charge in [0.05, 0.1) is 21.5 Å². The van der Waals surface area contributed by atoms with E-state index in [2.05, 4.69) is 17.2 Å². The molecule has 0 aliphatic heterocycles. The number of hydrogen-bond donors (Lipinski definition) is 2. The minimum absolute atomic E-state index is 0.454. The van der Waals surface area contributed by atoms with Crippen LogP contribution in [0.3, 0.4) is 0 Å². The topological polar surface area (TPSA) is 41.1 Å². The second kappa shape index (κ2) is 9.80. The van der Waals surface area contributed by atoms with E-state index >= 15 is 0 Å². The molecule has 0 spiro atoms. The van der Waals surface area contributed by atoms with Gasteiger partial charge in [-0.15, -0.1) is 6.58 Å². The van der Waals surface area contributed by atoms with Gasteiger partial charge in [0.1, 0.15) is 0 Å². The summed E-state index contributed by atoms with van der Waals surface area (Å²) in [6.45, 7) is 4.21. The smallest absolute Gasteiger partial charge is 0.170 e. The van der Waals surface area contributed by atoms with Crippen molar-refractivity contribution in [3.05, 3.63) is 90.6 Å². The van der Waals surface area contributed by atoms with E-state index in [1.807, 2.05) is 60.7 Å². The molecule has 3 nitrogen and oxygen atoms in total. The first-order valence-corrected chi connectivity index (χ1v) is 9.26. The summed E-state index contributed by atoms with van der Waals surface area (Å²) in [5, 5.41) is 6.46. The van der Waals surface area contributed by atoms with Crippen molar-refractivity contribution in [1.82, 2.24) is 10.6 Å². The average molecular weight is 357 g/mol. The lowest BCUT2D eigenvalue weighted by Gasteiger charge is -2.10. The molecule has 124 valence electrons. The molecule has 0 aromatic heterocycles. The summed E-state index contributed by atoms with van der Waals surface area (Å²) in [5.74, 6) is 0.454. The monoisotopic (exact) mass is 356 g/mol. The fraction of sp³-hybridized carbons (Fsp3) is 0.105. The summed E-state index contributed by atoms with van der Waals surface area (Å²) < 4.78 is 12.9. The van der Waals surface area contributed by atoms with Gasteiger partial charge in [-0.1, -0.05) is 66.7 Å². The Hall–Kier alpha value is -2.24. The minimum Gasteiger partial charge on any atom is -0.359 e. The number of rotatable bonds is 7. The van der Waals surface area contributed by atoms with Crippen LogP contribution in [0.15, 0.2) is 79.5 Å². The SMILES string of the molecule is C=CCNC(=S)N/C=C(/c1ccccc1)[S@@](=O)Cc1ccccc1. The van der Waals surface area contributed by atoms with Crippen LogP contribution < -0.4 is 10.6 Å². The summed E-state index contributed by atoms with van der Waals surface area (Å²) in [5.41, 5.74) is 1.94. The summed E-state index contributed by atoms with van der Waals surface area (Å²) in [6.07, 6.45) is 3.44. The Bertz CT molecular complexity index is 728. The van der Waals surface area contributed by atoms with Crippen LogP contribution in [0.2, 0.25) is 0 Å². The van der Waals surface area contributed by atoms with Gasteiger partial charge in [-0.05, 0) is 23.3 Å². The molecule has 0 bridgehead atoms. The van der Waals surface area contributed by atoms with E-state index in [1.54, 1.807) is 12.3 Å². The molecular formula is C19H20N2OS2. The molecule has 24 heavy (non-hydrogen) atoms. The van der Waals surface area contributed by atoms with Crippen LogP contribution in [0.5, 0.6) is 0 Å². The molecule has 0 unspecified atom stereocenters. The van der Waals surface area contributed by atoms with Gasteiger partial charge in [-0.2, -0.15) is 0 Å². The zero-order valence-electron chi connectivity index (χ0n) is 13.3. The highest BCUT2D eigenvalue weighted by molar-refractivity contribution is 7.93. The van der Waals surface area contributed by atoms with Crippen LogP contribution in [-0.2, 0) is 16.6 Å². The van der Waals surface area contributed by atoms with E-state index < -0.39 is 10.8 Å². The fourth-order valence-electron chi connectivity index (χ4n) is 2.03. The number of benzene rings is 2. The maximum Gasteiger partial charge on any atom is 0.170 e. The number of hydrogen-bond acceptors (Lipinski definition) is 2. The van der Waals surface area contributed by atoms with Crippen molar-refractivity contribution in [2.45, 2.75) is 5.75 Å². The number of nitrogens with one attached hydrogen (secondary N) is 2. The zero-order valence-corrected chi connectivity index (χ0v) is 14.9. The Morgan fingerprint density at radius 2 is 1.71 bits per heavy atom. The lowest BCUT2D eigenvalue weighted by atomic mass is 10.2. The summed E-state index contributed by atoms with van der Waals surface area (Å²) >= 11 is 5.19. The normalized spacial score (nSPS) is 12.2. The predicted octanol–water partition coefficient (Wildman–Crippen LogP) is 3.58. The standard InChI is InChI=1S/C19H20N2OS2/c1-2-13-20-19(23)21-14-18(17-11-7-4-8-12-17)24(22)15-16-9-5-3-6-10-16/h2-12,14H,1,13,15H2,(H2,20,21,23)/b18-14-/t24-/m0/s1. The van der Waals surface area contributed by atoms with Crippen LogP contribution in [0.4, 0.5) is 0 Å². The lowest BCUT2D eigenvalue weighted by Crippen LogP contribution is -2.32. The highest BCUT2D eigenvalue weighted by Crippen LogP contribution is 2.20. The highest BCUT2D eigenvalue weighted by atomic mass is 32.2. The third-order valence-corrected chi connectivity index (χ3v) is 4.89. The molecular weight excluding hydrogens is 336 g/mol. The third kappa shape index (κ3) is 5.76. The van der Waals surface area contributed by atoms with Gasteiger partial charge >= 0.3 is 0 Å². The second-order valence-corrected chi connectivity index (χ2v) is 6.82. The molecule has 0 aliphatic carbocycles. The van der Waals surface area contributed by atoms with Crippen molar-refractivity contribution in [2.75, 3.05) is 6.54 Å². The first-order chi connectivity index (χ1) is 11.7. The maximum absolute atomic E-state index is 12.9. The Morgan fingerprint density at radius 3 is 2.33 bits per heavy atom. The minimum atomic E-state index is -1.19. The molecule has 0 radical (unpaired) electrons. The third-order valence-electron chi connectivity index (χ3n) is 3.19. The molecule has 5 heteroatoms. The fourth-order valence-corrected chi connectivity index (χ4v) is 3.42. The molecule has 2 aromatic carbocycles. The Morgan fingerprint density at radius 1 is 1.08 bits per heavy atom. The first kappa shape index (κ1) is 18.1. The summed E-state index contributed by atoms with van der Waals surface area (Å²) in [6, 6.07) is 19.5. The molecule has 1 atom stereocenters. The predicted molar refractivity (Wildman–Crippen MR) is 107 cm³/mol. The van der Waals surface area contributed by atoms with Gasteiger partial charge in [0, 0.05) is 12.7 Å². The molecule has 0 amide bonds.